The third-order valence-electron chi connectivity index (χ3n) is 4.95. The fourth-order valence-corrected chi connectivity index (χ4v) is 3.15. The van der Waals surface area contributed by atoms with Gasteiger partial charge >= 0.3 is 24.3 Å². The molecule has 0 saturated carbocycles. The Morgan fingerprint density at radius 2 is 1.44 bits per heavy atom. The Hall–Kier alpha value is -4.47. The second-order valence-electron chi connectivity index (χ2n) is 7.66. The molecule has 1 aliphatic rings. The Morgan fingerprint density at radius 1 is 0.897 bits per heavy atom. The number of aliphatic carboxylic acids is 2. The molecular formula is C23H21F6N5O5. The van der Waals surface area contributed by atoms with Crippen molar-refractivity contribution in [3.8, 4) is 0 Å². The van der Waals surface area contributed by atoms with Gasteiger partial charge in [-0.2, -0.15) is 26.3 Å². The number of fused-ring (bicyclic) bond motifs is 1. The van der Waals surface area contributed by atoms with E-state index in [0.717, 1.165) is 42.8 Å². The number of pyridine rings is 2. The number of halogens is 6. The summed E-state index contributed by atoms with van der Waals surface area (Å²) in [6, 6.07) is 13.3. The number of piperazine rings is 1. The van der Waals surface area contributed by atoms with Gasteiger partial charge in [0.25, 0.3) is 0 Å². The molecule has 0 spiro atoms. The molecular weight excluding hydrogens is 540 g/mol. The van der Waals surface area contributed by atoms with E-state index in [0.29, 0.717) is 11.3 Å². The lowest BCUT2D eigenvalue weighted by Crippen LogP contribution is -2.44. The number of nitrogens with one attached hydrogen (secondary N) is 1. The van der Waals surface area contributed by atoms with E-state index in [4.69, 9.17) is 30.5 Å². The second-order valence-corrected chi connectivity index (χ2v) is 7.66. The Bertz CT molecular complexity index is 1300. The number of alkyl halides is 6. The zero-order valence-corrected chi connectivity index (χ0v) is 19.8. The molecule has 0 aliphatic carbocycles. The van der Waals surface area contributed by atoms with E-state index in [1.54, 1.807) is 18.3 Å². The van der Waals surface area contributed by atoms with Crippen molar-refractivity contribution in [2.75, 3.05) is 36.8 Å². The first kappa shape index (κ1) is 30.8. The third-order valence-corrected chi connectivity index (χ3v) is 4.95. The van der Waals surface area contributed by atoms with Crippen LogP contribution in [-0.2, 0) is 9.59 Å². The van der Waals surface area contributed by atoms with Crippen LogP contribution in [0.2, 0.25) is 0 Å². The van der Waals surface area contributed by atoms with Gasteiger partial charge < -0.3 is 26.2 Å². The molecule has 4 rings (SSSR count). The molecule has 1 fully saturated rings. The monoisotopic (exact) mass is 561 g/mol. The summed E-state index contributed by atoms with van der Waals surface area (Å²) in [6.07, 6.45) is -8.59. The SMILES string of the molecule is Nc1ncccc1C(=O)c1nc(N2CCNCC2)cc2ccccc12.O=C(O)C(F)(F)F.O=C(O)C(F)(F)F. The van der Waals surface area contributed by atoms with Gasteiger partial charge in [0.05, 0.1) is 5.56 Å². The highest BCUT2D eigenvalue weighted by Gasteiger charge is 2.38. The van der Waals surface area contributed by atoms with Crippen molar-refractivity contribution in [2.24, 2.45) is 0 Å². The van der Waals surface area contributed by atoms with Crippen LogP contribution in [0.5, 0.6) is 0 Å². The Balaban J connectivity index is 0.000000317. The van der Waals surface area contributed by atoms with Crippen LogP contribution < -0.4 is 16.0 Å². The lowest BCUT2D eigenvalue weighted by Gasteiger charge is -2.29. The number of anilines is 2. The van der Waals surface area contributed by atoms with E-state index in [1.165, 1.54) is 0 Å². The van der Waals surface area contributed by atoms with Crippen molar-refractivity contribution in [1.82, 2.24) is 15.3 Å². The van der Waals surface area contributed by atoms with Crippen molar-refractivity contribution in [1.29, 1.82) is 0 Å². The average Bonchev–Trinajstić information content (AvgIpc) is 2.88. The van der Waals surface area contributed by atoms with Crippen LogP contribution in [0.3, 0.4) is 0 Å². The molecule has 1 aromatic carbocycles. The number of carbonyl (C=O) groups excluding carboxylic acids is 1. The zero-order chi connectivity index (χ0) is 29.4. The standard InChI is InChI=1S/C19H19N5O.2C2HF3O2/c20-19-15(6-3-7-22-19)18(25)17-14-5-2-1-4-13(14)12-16(23-17)24-10-8-21-9-11-24;2*3-2(4,5)1(6)7/h1-7,12,21H,8-11H2,(H2,20,22);2*(H,6,7). The zero-order valence-electron chi connectivity index (χ0n) is 19.8. The highest BCUT2D eigenvalue weighted by atomic mass is 19.4. The summed E-state index contributed by atoms with van der Waals surface area (Å²) in [5.74, 6) is -4.66. The molecule has 2 aromatic heterocycles. The number of hydrogen-bond donors (Lipinski definition) is 4. The number of carbonyl (C=O) groups is 3. The summed E-state index contributed by atoms with van der Waals surface area (Å²) >= 11 is 0. The van der Waals surface area contributed by atoms with Gasteiger partial charge in [-0.05, 0) is 23.6 Å². The first-order valence-electron chi connectivity index (χ1n) is 10.8. The van der Waals surface area contributed by atoms with E-state index in [-0.39, 0.29) is 11.6 Å². The first-order valence-corrected chi connectivity index (χ1v) is 10.8. The van der Waals surface area contributed by atoms with Crippen LogP contribution in [0.1, 0.15) is 16.1 Å². The maximum atomic E-state index is 13.1. The molecule has 10 nitrogen and oxygen atoms in total. The van der Waals surface area contributed by atoms with Gasteiger partial charge in [0.1, 0.15) is 17.3 Å². The van der Waals surface area contributed by atoms with Gasteiger partial charge in [-0.1, -0.05) is 24.3 Å². The van der Waals surface area contributed by atoms with Crippen molar-refractivity contribution < 1.29 is 50.9 Å². The Kier molecular flexibility index (Phi) is 10.1. The van der Waals surface area contributed by atoms with Gasteiger partial charge in [0.2, 0.25) is 5.78 Å². The topological polar surface area (TPSA) is 159 Å². The second kappa shape index (κ2) is 12.9. The quantitative estimate of drug-likeness (QED) is 0.277. The van der Waals surface area contributed by atoms with Crippen molar-refractivity contribution in [2.45, 2.75) is 12.4 Å². The molecule has 0 atom stereocenters. The number of nitrogens with two attached hydrogens (primary N) is 1. The number of nitrogen functional groups attached to an aromatic ring is 1. The molecule has 0 radical (unpaired) electrons. The van der Waals surface area contributed by atoms with Crippen LogP contribution in [0.4, 0.5) is 38.0 Å². The largest absolute Gasteiger partial charge is 0.490 e. The molecule has 0 unspecified atom stereocenters. The summed E-state index contributed by atoms with van der Waals surface area (Å²) in [6.45, 7) is 3.56. The van der Waals surface area contributed by atoms with Crippen LogP contribution in [0.15, 0.2) is 48.7 Å². The molecule has 3 aromatic rings. The highest BCUT2D eigenvalue weighted by Crippen LogP contribution is 2.26. The van der Waals surface area contributed by atoms with Crippen LogP contribution in [-0.4, -0.2) is 76.4 Å². The maximum absolute atomic E-state index is 13.1. The van der Waals surface area contributed by atoms with Crippen LogP contribution in [0.25, 0.3) is 10.8 Å². The summed E-state index contributed by atoms with van der Waals surface area (Å²) in [4.78, 5) is 41.8. The Morgan fingerprint density at radius 3 is 1.95 bits per heavy atom. The molecule has 210 valence electrons. The molecule has 16 heteroatoms. The number of carboxylic acid groups (broad SMARTS) is 2. The Labute approximate surface area is 216 Å². The fraction of sp³-hybridized carbons (Fsp3) is 0.261. The number of hydrogen-bond acceptors (Lipinski definition) is 8. The predicted molar refractivity (Wildman–Crippen MR) is 126 cm³/mol. The number of benzene rings is 1. The van der Waals surface area contributed by atoms with E-state index in [9.17, 15) is 31.1 Å². The van der Waals surface area contributed by atoms with Crippen LogP contribution >= 0.6 is 0 Å². The molecule has 39 heavy (non-hydrogen) atoms. The number of rotatable bonds is 3. The number of aromatic nitrogens is 2. The molecule has 5 N–H and O–H groups in total. The molecule has 1 saturated heterocycles. The van der Waals surface area contributed by atoms with Gasteiger partial charge in [0, 0.05) is 37.8 Å². The molecule has 1 aliphatic heterocycles. The van der Waals surface area contributed by atoms with Gasteiger partial charge in [-0.25, -0.2) is 19.6 Å². The predicted octanol–water partition coefficient (Wildman–Crippen LogP) is 3.12. The smallest absolute Gasteiger partial charge is 0.475 e. The van der Waals surface area contributed by atoms with E-state index >= 15 is 0 Å². The van der Waals surface area contributed by atoms with Gasteiger partial charge in [-0.15, -0.1) is 0 Å². The number of ketones is 1. The van der Waals surface area contributed by atoms with Crippen molar-refractivity contribution >= 4 is 40.1 Å². The minimum absolute atomic E-state index is 0.196. The highest BCUT2D eigenvalue weighted by molar-refractivity contribution is 6.17. The molecule has 3 heterocycles. The number of carboxylic acids is 2. The van der Waals surface area contributed by atoms with E-state index in [2.05, 4.69) is 15.2 Å². The normalized spacial score (nSPS) is 13.4. The maximum Gasteiger partial charge on any atom is 0.490 e. The van der Waals surface area contributed by atoms with Gasteiger partial charge in [0.15, 0.2) is 0 Å². The lowest BCUT2D eigenvalue weighted by atomic mass is 10.0. The third kappa shape index (κ3) is 8.80. The number of nitrogens with zero attached hydrogens (tertiary/aromatic N) is 3. The van der Waals surface area contributed by atoms with Gasteiger partial charge in [-0.3, -0.25) is 4.79 Å². The first-order chi connectivity index (χ1) is 18.1. The van der Waals surface area contributed by atoms with Crippen molar-refractivity contribution in [3.63, 3.8) is 0 Å². The van der Waals surface area contributed by atoms with Crippen LogP contribution in [0, 0.1) is 0 Å². The molecule has 0 bridgehead atoms. The molecule has 0 amide bonds. The average molecular weight is 561 g/mol. The fourth-order valence-electron chi connectivity index (χ4n) is 3.15. The summed E-state index contributed by atoms with van der Waals surface area (Å²) in [5, 5.41) is 19.4. The minimum atomic E-state index is -5.08. The lowest BCUT2D eigenvalue weighted by molar-refractivity contribution is -0.193. The summed E-state index contributed by atoms with van der Waals surface area (Å²) in [7, 11) is 0. The summed E-state index contributed by atoms with van der Waals surface area (Å²) in [5.41, 5.74) is 6.71. The van der Waals surface area contributed by atoms with E-state index in [1.807, 2.05) is 30.3 Å². The van der Waals surface area contributed by atoms with E-state index < -0.39 is 24.3 Å². The summed E-state index contributed by atoms with van der Waals surface area (Å²) < 4.78 is 63.5. The van der Waals surface area contributed by atoms with Crippen molar-refractivity contribution in [3.05, 3.63) is 59.9 Å². The minimum Gasteiger partial charge on any atom is -0.475 e.